The van der Waals surface area contributed by atoms with Crippen LogP contribution in [0.2, 0.25) is 0 Å². The van der Waals surface area contributed by atoms with Gasteiger partial charge in [-0.3, -0.25) is 4.79 Å². The second-order valence-corrected chi connectivity index (χ2v) is 5.83. The van der Waals surface area contributed by atoms with E-state index in [1.54, 1.807) is 7.11 Å². The normalized spacial score (nSPS) is 12.0. The van der Waals surface area contributed by atoms with Crippen molar-refractivity contribution in [3.8, 4) is 5.75 Å². The fraction of sp³-hybridized carbons (Fsp3) is 0.278. The van der Waals surface area contributed by atoms with E-state index in [4.69, 9.17) is 4.74 Å². The summed E-state index contributed by atoms with van der Waals surface area (Å²) in [6.45, 7) is 2.05. The molecule has 0 saturated heterocycles. The zero-order chi connectivity index (χ0) is 15.2. The van der Waals surface area contributed by atoms with Crippen LogP contribution in [-0.2, 0) is 11.2 Å². The second kappa shape index (κ2) is 7.41. The molecule has 0 amide bonds. The van der Waals surface area contributed by atoms with Crippen LogP contribution in [0.3, 0.4) is 0 Å². The lowest BCUT2D eigenvalue weighted by atomic mass is 9.89. The van der Waals surface area contributed by atoms with Crippen molar-refractivity contribution >= 4 is 21.7 Å². The Bertz CT molecular complexity index is 608. The Morgan fingerprint density at radius 3 is 2.52 bits per heavy atom. The smallest absolute Gasteiger partial charge is 0.144 e. The van der Waals surface area contributed by atoms with Gasteiger partial charge in [0.25, 0.3) is 0 Å². The number of methoxy groups -OCH3 is 1. The lowest BCUT2D eigenvalue weighted by Gasteiger charge is -2.15. The molecule has 0 heterocycles. The van der Waals surface area contributed by atoms with E-state index in [0.29, 0.717) is 6.42 Å². The summed E-state index contributed by atoms with van der Waals surface area (Å²) >= 11 is 3.51. The van der Waals surface area contributed by atoms with E-state index in [9.17, 15) is 4.79 Å². The molecule has 0 bridgehead atoms. The first-order valence-electron chi connectivity index (χ1n) is 7.05. The monoisotopic (exact) mass is 346 g/mol. The highest BCUT2D eigenvalue weighted by Gasteiger charge is 2.19. The van der Waals surface area contributed by atoms with Crippen molar-refractivity contribution < 1.29 is 9.53 Å². The van der Waals surface area contributed by atoms with Crippen LogP contribution in [0.15, 0.2) is 53.0 Å². The first kappa shape index (κ1) is 15.8. The minimum atomic E-state index is -0.0516. The van der Waals surface area contributed by atoms with Crippen LogP contribution < -0.4 is 4.74 Å². The lowest BCUT2D eigenvalue weighted by Crippen LogP contribution is -2.14. The summed E-state index contributed by atoms with van der Waals surface area (Å²) in [6.07, 6.45) is 1.22. The average Bonchev–Trinajstić information content (AvgIpc) is 2.51. The Balaban J connectivity index is 2.20. The number of ketones is 1. The van der Waals surface area contributed by atoms with E-state index in [-0.39, 0.29) is 11.7 Å². The average molecular weight is 347 g/mol. The molecule has 0 fully saturated rings. The molecule has 0 aliphatic rings. The predicted molar refractivity (Wildman–Crippen MR) is 88.9 cm³/mol. The molecule has 0 aliphatic carbocycles. The maximum Gasteiger partial charge on any atom is 0.144 e. The van der Waals surface area contributed by atoms with Gasteiger partial charge in [-0.25, -0.2) is 0 Å². The number of Topliss-reactive ketones (excluding diaryl/α,β-unsaturated/α-hetero) is 1. The van der Waals surface area contributed by atoms with E-state index in [2.05, 4.69) is 22.9 Å². The number of benzene rings is 2. The molecule has 2 rings (SSSR count). The first-order chi connectivity index (χ1) is 10.2. The van der Waals surface area contributed by atoms with E-state index in [1.807, 2.05) is 48.5 Å². The number of hydrogen-bond donors (Lipinski definition) is 0. The van der Waals surface area contributed by atoms with Crippen molar-refractivity contribution in [3.05, 3.63) is 64.1 Å². The van der Waals surface area contributed by atoms with Crippen LogP contribution in [-0.4, -0.2) is 12.9 Å². The van der Waals surface area contributed by atoms with Gasteiger partial charge in [0, 0.05) is 16.8 Å². The van der Waals surface area contributed by atoms with Gasteiger partial charge in [-0.2, -0.15) is 0 Å². The Kier molecular flexibility index (Phi) is 5.57. The molecule has 1 unspecified atom stereocenters. The highest BCUT2D eigenvalue weighted by Crippen LogP contribution is 2.27. The van der Waals surface area contributed by atoms with E-state index < -0.39 is 0 Å². The Hall–Kier alpha value is -1.61. The SMILES string of the molecule is CCC(C(=O)Cc1cc(OC)ccc1Br)c1ccccc1. The molecular formula is C18H19BrO2. The van der Waals surface area contributed by atoms with Gasteiger partial charge in [0.2, 0.25) is 0 Å². The Labute approximate surface area is 134 Å². The third kappa shape index (κ3) is 3.94. The van der Waals surface area contributed by atoms with Crippen LogP contribution in [0.4, 0.5) is 0 Å². The maximum atomic E-state index is 12.6. The summed E-state index contributed by atoms with van der Waals surface area (Å²) in [7, 11) is 1.63. The second-order valence-electron chi connectivity index (χ2n) is 4.97. The summed E-state index contributed by atoms with van der Waals surface area (Å²) in [6, 6.07) is 15.7. The third-order valence-corrected chi connectivity index (χ3v) is 4.39. The fourth-order valence-electron chi connectivity index (χ4n) is 2.46. The zero-order valence-electron chi connectivity index (χ0n) is 12.3. The van der Waals surface area contributed by atoms with Crippen LogP contribution in [0, 0.1) is 0 Å². The molecule has 2 aromatic rings. The molecule has 0 radical (unpaired) electrons. The molecule has 0 N–H and O–H groups in total. The molecule has 2 nitrogen and oxygen atoms in total. The van der Waals surface area contributed by atoms with E-state index >= 15 is 0 Å². The molecule has 2 aromatic carbocycles. The Morgan fingerprint density at radius 2 is 1.90 bits per heavy atom. The van der Waals surface area contributed by atoms with Crippen LogP contribution in [0.5, 0.6) is 5.75 Å². The molecule has 110 valence electrons. The summed E-state index contributed by atoms with van der Waals surface area (Å²) in [5.41, 5.74) is 2.05. The number of carbonyl (C=O) groups is 1. The number of rotatable bonds is 6. The number of carbonyl (C=O) groups excluding carboxylic acids is 1. The summed E-state index contributed by atoms with van der Waals surface area (Å²) in [5, 5.41) is 0. The maximum absolute atomic E-state index is 12.6. The van der Waals surface area contributed by atoms with Crippen LogP contribution >= 0.6 is 15.9 Å². The molecule has 3 heteroatoms. The minimum absolute atomic E-state index is 0.0516. The molecule has 0 aliphatic heterocycles. The predicted octanol–water partition coefficient (Wildman–Crippen LogP) is 4.76. The van der Waals surface area contributed by atoms with Crippen molar-refractivity contribution in [1.29, 1.82) is 0 Å². The molecule has 1 atom stereocenters. The van der Waals surface area contributed by atoms with Crippen molar-refractivity contribution in [2.45, 2.75) is 25.7 Å². The molecular weight excluding hydrogens is 328 g/mol. The summed E-state index contributed by atoms with van der Waals surface area (Å²) in [5.74, 6) is 0.954. The molecule has 0 aromatic heterocycles. The van der Waals surface area contributed by atoms with Gasteiger partial charge in [-0.15, -0.1) is 0 Å². The van der Waals surface area contributed by atoms with Gasteiger partial charge < -0.3 is 4.74 Å². The molecule has 0 spiro atoms. The first-order valence-corrected chi connectivity index (χ1v) is 7.85. The van der Waals surface area contributed by atoms with E-state index in [1.165, 1.54) is 0 Å². The van der Waals surface area contributed by atoms with Gasteiger partial charge in [0.15, 0.2) is 0 Å². The lowest BCUT2D eigenvalue weighted by molar-refractivity contribution is -0.119. The quantitative estimate of drug-likeness (QED) is 0.753. The topological polar surface area (TPSA) is 26.3 Å². The van der Waals surface area contributed by atoms with Crippen LogP contribution in [0.25, 0.3) is 0 Å². The summed E-state index contributed by atoms with van der Waals surface area (Å²) < 4.78 is 6.17. The number of hydrogen-bond acceptors (Lipinski definition) is 2. The van der Waals surface area contributed by atoms with Crippen molar-refractivity contribution in [1.82, 2.24) is 0 Å². The summed E-state index contributed by atoms with van der Waals surface area (Å²) in [4.78, 5) is 12.6. The van der Waals surface area contributed by atoms with E-state index in [0.717, 1.165) is 27.8 Å². The van der Waals surface area contributed by atoms with Crippen LogP contribution in [0.1, 0.15) is 30.4 Å². The van der Waals surface area contributed by atoms with Gasteiger partial charge in [0.1, 0.15) is 11.5 Å². The zero-order valence-corrected chi connectivity index (χ0v) is 13.9. The fourth-order valence-corrected chi connectivity index (χ4v) is 2.85. The highest BCUT2D eigenvalue weighted by molar-refractivity contribution is 9.10. The molecule has 21 heavy (non-hydrogen) atoms. The molecule has 0 saturated carbocycles. The van der Waals surface area contributed by atoms with Crippen molar-refractivity contribution in [2.24, 2.45) is 0 Å². The highest BCUT2D eigenvalue weighted by atomic mass is 79.9. The van der Waals surface area contributed by atoms with Crippen molar-refractivity contribution in [3.63, 3.8) is 0 Å². The largest absolute Gasteiger partial charge is 0.497 e. The minimum Gasteiger partial charge on any atom is -0.497 e. The number of halogens is 1. The van der Waals surface area contributed by atoms with Gasteiger partial charge in [-0.1, -0.05) is 53.2 Å². The third-order valence-electron chi connectivity index (χ3n) is 3.62. The standard InChI is InChI=1S/C18H19BrO2/c1-3-16(13-7-5-4-6-8-13)18(20)12-14-11-15(21-2)9-10-17(14)19/h4-11,16H,3,12H2,1-2H3. The van der Waals surface area contributed by atoms with Crippen molar-refractivity contribution in [2.75, 3.05) is 7.11 Å². The Morgan fingerprint density at radius 1 is 1.19 bits per heavy atom. The van der Waals surface area contributed by atoms with Gasteiger partial charge in [-0.05, 0) is 35.7 Å². The van der Waals surface area contributed by atoms with Gasteiger partial charge in [0.05, 0.1) is 7.11 Å². The number of ether oxygens (including phenoxy) is 1. The van der Waals surface area contributed by atoms with Gasteiger partial charge >= 0.3 is 0 Å².